The van der Waals surface area contributed by atoms with E-state index >= 15 is 0 Å². The topological polar surface area (TPSA) is 81.0 Å². The minimum atomic E-state index is -4.48. The van der Waals surface area contributed by atoms with E-state index in [1.165, 1.54) is 13.0 Å². The molecule has 0 aliphatic heterocycles. The van der Waals surface area contributed by atoms with Crippen LogP contribution in [0.15, 0.2) is 10.5 Å². The summed E-state index contributed by atoms with van der Waals surface area (Å²) in [6.45, 7) is 0.124. The normalized spacial score (nSPS) is 11.5. The standard InChI is InChI=1S/C14H11BrF3N3O2/c1-6-8(4-19)10-9(21(6)5-14(16,17)18)3-7(13(22)23-2)12(20)11(10)15/h3H,5,20H2,1-2H3. The lowest BCUT2D eigenvalue weighted by molar-refractivity contribution is -0.140. The number of fused-ring (bicyclic) bond motifs is 1. The highest BCUT2D eigenvalue weighted by atomic mass is 79.9. The van der Waals surface area contributed by atoms with Crippen molar-refractivity contribution in [1.29, 1.82) is 5.26 Å². The second-order valence-corrected chi connectivity index (χ2v) is 5.60. The summed E-state index contributed by atoms with van der Waals surface area (Å²) in [5.74, 6) is -0.777. The van der Waals surface area contributed by atoms with Crippen LogP contribution in [-0.2, 0) is 11.3 Å². The van der Waals surface area contributed by atoms with Gasteiger partial charge in [0, 0.05) is 11.1 Å². The van der Waals surface area contributed by atoms with Crippen LogP contribution in [0, 0.1) is 18.3 Å². The third kappa shape index (κ3) is 2.86. The second kappa shape index (κ2) is 5.77. The summed E-state index contributed by atoms with van der Waals surface area (Å²) in [4.78, 5) is 11.8. The summed E-state index contributed by atoms with van der Waals surface area (Å²) in [6, 6.07) is 3.09. The number of hydrogen-bond acceptors (Lipinski definition) is 4. The number of aromatic nitrogens is 1. The van der Waals surface area contributed by atoms with Gasteiger partial charge in [0.1, 0.15) is 12.6 Å². The van der Waals surface area contributed by atoms with Gasteiger partial charge >= 0.3 is 12.1 Å². The van der Waals surface area contributed by atoms with Gasteiger partial charge in [-0.15, -0.1) is 0 Å². The summed E-state index contributed by atoms with van der Waals surface area (Å²) in [7, 11) is 1.14. The van der Waals surface area contributed by atoms with Crippen LogP contribution in [0.25, 0.3) is 10.9 Å². The number of alkyl halides is 3. The predicted octanol–water partition coefficient (Wildman–Crippen LogP) is 3.52. The van der Waals surface area contributed by atoms with Gasteiger partial charge in [0.25, 0.3) is 0 Å². The van der Waals surface area contributed by atoms with Crippen molar-refractivity contribution in [2.24, 2.45) is 0 Å². The van der Waals surface area contributed by atoms with E-state index in [9.17, 15) is 23.2 Å². The molecule has 1 aromatic heterocycles. The molecule has 0 saturated heterocycles. The van der Waals surface area contributed by atoms with Gasteiger partial charge in [0.05, 0.1) is 33.9 Å². The summed E-state index contributed by atoms with van der Waals surface area (Å²) in [6.07, 6.45) is -4.48. The maximum atomic E-state index is 12.8. The van der Waals surface area contributed by atoms with Gasteiger partial charge in [0.2, 0.25) is 0 Å². The second-order valence-electron chi connectivity index (χ2n) is 4.81. The lowest BCUT2D eigenvalue weighted by atomic mass is 10.1. The number of nitrogens with two attached hydrogens (primary N) is 1. The van der Waals surface area contributed by atoms with Gasteiger partial charge < -0.3 is 15.0 Å². The van der Waals surface area contributed by atoms with Gasteiger partial charge in [-0.3, -0.25) is 0 Å². The van der Waals surface area contributed by atoms with Gasteiger partial charge in [0.15, 0.2) is 0 Å². The smallest absolute Gasteiger partial charge is 0.406 e. The Morgan fingerprint density at radius 1 is 1.52 bits per heavy atom. The third-order valence-corrected chi connectivity index (χ3v) is 4.27. The number of halogens is 4. The molecule has 0 fully saturated rings. The molecule has 2 rings (SSSR count). The van der Waals surface area contributed by atoms with Crippen LogP contribution in [0.5, 0.6) is 0 Å². The number of nitrogen functional groups attached to an aromatic ring is 1. The molecule has 0 aliphatic carbocycles. The number of esters is 1. The molecule has 0 unspecified atom stereocenters. The molecule has 23 heavy (non-hydrogen) atoms. The van der Waals surface area contributed by atoms with Gasteiger partial charge in [-0.1, -0.05) is 0 Å². The first-order valence-corrected chi connectivity index (χ1v) is 7.07. The number of benzene rings is 1. The SMILES string of the molecule is COC(=O)c1cc2c(c(Br)c1N)c(C#N)c(C)n2CC(F)(F)F. The molecular weight excluding hydrogens is 379 g/mol. The number of nitriles is 1. The van der Waals surface area contributed by atoms with Crippen LogP contribution in [0.3, 0.4) is 0 Å². The molecular formula is C14H11BrF3N3O2. The van der Waals surface area contributed by atoms with Crippen molar-refractivity contribution in [3.05, 3.63) is 27.4 Å². The summed E-state index contributed by atoms with van der Waals surface area (Å²) in [5, 5.41) is 9.51. The van der Waals surface area contributed by atoms with Crippen LogP contribution in [0.2, 0.25) is 0 Å². The fraction of sp³-hybridized carbons (Fsp3) is 0.286. The molecule has 0 atom stereocenters. The van der Waals surface area contributed by atoms with E-state index in [0.717, 1.165) is 11.7 Å². The van der Waals surface area contributed by atoms with Crippen molar-refractivity contribution in [2.45, 2.75) is 19.6 Å². The zero-order valence-corrected chi connectivity index (χ0v) is 13.7. The fourth-order valence-electron chi connectivity index (χ4n) is 2.40. The molecule has 1 aromatic carbocycles. The molecule has 122 valence electrons. The van der Waals surface area contributed by atoms with Crippen LogP contribution < -0.4 is 5.73 Å². The highest BCUT2D eigenvalue weighted by molar-refractivity contribution is 9.10. The molecule has 2 N–H and O–H groups in total. The zero-order chi connectivity index (χ0) is 17.5. The van der Waals surface area contributed by atoms with E-state index in [-0.39, 0.29) is 37.9 Å². The minimum Gasteiger partial charge on any atom is -0.465 e. The van der Waals surface area contributed by atoms with E-state index in [0.29, 0.717) is 0 Å². The summed E-state index contributed by atoms with van der Waals surface area (Å²) in [5.41, 5.74) is 6.07. The Morgan fingerprint density at radius 3 is 2.61 bits per heavy atom. The maximum Gasteiger partial charge on any atom is 0.406 e. The average molecular weight is 390 g/mol. The van der Waals surface area contributed by atoms with E-state index in [4.69, 9.17) is 5.73 Å². The average Bonchev–Trinajstić information content (AvgIpc) is 2.73. The largest absolute Gasteiger partial charge is 0.465 e. The van der Waals surface area contributed by atoms with E-state index in [1.807, 2.05) is 6.07 Å². The first-order chi connectivity index (χ1) is 10.6. The number of carbonyl (C=O) groups excluding carboxylic acids is 1. The van der Waals surface area contributed by atoms with Crippen molar-refractivity contribution in [1.82, 2.24) is 4.57 Å². The number of anilines is 1. The molecule has 1 heterocycles. The predicted molar refractivity (Wildman–Crippen MR) is 80.9 cm³/mol. The van der Waals surface area contributed by atoms with Crippen LogP contribution in [0.4, 0.5) is 18.9 Å². The number of rotatable bonds is 2. The van der Waals surface area contributed by atoms with Gasteiger partial charge in [-0.05, 0) is 28.9 Å². The Bertz CT molecular complexity index is 850. The lowest BCUT2D eigenvalue weighted by Gasteiger charge is -2.13. The lowest BCUT2D eigenvalue weighted by Crippen LogP contribution is -2.18. The molecule has 2 aromatic rings. The number of ether oxygens (including phenoxy) is 1. The Kier molecular flexibility index (Phi) is 4.30. The third-order valence-electron chi connectivity index (χ3n) is 3.45. The Labute approximate surface area is 137 Å². The van der Waals surface area contributed by atoms with E-state index in [2.05, 4.69) is 20.7 Å². The van der Waals surface area contributed by atoms with Crippen LogP contribution in [0.1, 0.15) is 21.6 Å². The molecule has 5 nitrogen and oxygen atoms in total. The maximum absolute atomic E-state index is 12.8. The molecule has 0 spiro atoms. The van der Waals surface area contributed by atoms with Crippen molar-refractivity contribution >= 4 is 38.5 Å². The first kappa shape index (κ1) is 17.1. The fourth-order valence-corrected chi connectivity index (χ4v) is 3.01. The number of carbonyl (C=O) groups is 1. The van der Waals surface area contributed by atoms with Crippen molar-refractivity contribution in [3.8, 4) is 6.07 Å². The zero-order valence-electron chi connectivity index (χ0n) is 12.1. The number of hydrogen-bond donors (Lipinski definition) is 1. The Balaban J connectivity index is 2.92. The number of nitrogens with zero attached hydrogens (tertiary/aromatic N) is 2. The number of methoxy groups -OCH3 is 1. The van der Waals surface area contributed by atoms with Crippen molar-refractivity contribution in [2.75, 3.05) is 12.8 Å². The van der Waals surface area contributed by atoms with E-state index < -0.39 is 18.7 Å². The van der Waals surface area contributed by atoms with E-state index in [1.54, 1.807) is 0 Å². The van der Waals surface area contributed by atoms with Crippen LogP contribution in [-0.4, -0.2) is 23.8 Å². The summed E-state index contributed by atoms with van der Waals surface area (Å²) < 4.78 is 44.2. The minimum absolute atomic E-state index is 0.00464. The first-order valence-electron chi connectivity index (χ1n) is 6.28. The summed E-state index contributed by atoms with van der Waals surface area (Å²) >= 11 is 3.17. The van der Waals surface area contributed by atoms with Crippen molar-refractivity contribution in [3.63, 3.8) is 0 Å². The van der Waals surface area contributed by atoms with Gasteiger partial charge in [-0.25, -0.2) is 4.79 Å². The molecule has 9 heteroatoms. The van der Waals surface area contributed by atoms with Crippen LogP contribution >= 0.6 is 15.9 Å². The molecule has 0 amide bonds. The molecule has 0 bridgehead atoms. The highest BCUT2D eigenvalue weighted by Gasteiger charge is 2.32. The molecule has 0 saturated carbocycles. The highest BCUT2D eigenvalue weighted by Crippen LogP contribution is 2.39. The monoisotopic (exact) mass is 389 g/mol. The quantitative estimate of drug-likeness (QED) is 0.629. The molecule has 0 aliphatic rings. The molecule has 0 radical (unpaired) electrons. The van der Waals surface area contributed by atoms with Crippen molar-refractivity contribution < 1.29 is 22.7 Å². The Hall–Kier alpha value is -2.21. The van der Waals surface area contributed by atoms with Gasteiger partial charge in [-0.2, -0.15) is 18.4 Å². The Morgan fingerprint density at radius 2 is 2.13 bits per heavy atom.